The molecule has 166 valence electrons. The van der Waals surface area contributed by atoms with Crippen molar-refractivity contribution in [2.24, 2.45) is 0 Å². The molecular weight excluding hydrogens is 406 g/mol. The van der Waals surface area contributed by atoms with E-state index in [1.54, 1.807) is 18.3 Å². The molecule has 9 nitrogen and oxygen atoms in total. The molecule has 0 atom stereocenters. The fraction of sp³-hybridized carbons (Fsp3) is 0.261. The van der Waals surface area contributed by atoms with Gasteiger partial charge in [-0.25, -0.2) is 9.97 Å². The standard InChI is InChI=1S/C23H27N7O2/c1-16-20(26-12-11-25-17(2)31)29-22(18-7-4-3-5-8-18)30-21(16)27-13-14-28-23(32)19-9-6-10-24-15-19/h3-10,15H,11-14H2,1-2H3,(H,25,31)(H,28,32)(H2,26,27,29,30). The first-order valence-corrected chi connectivity index (χ1v) is 10.4. The van der Waals surface area contributed by atoms with Crippen molar-refractivity contribution in [2.75, 3.05) is 36.8 Å². The summed E-state index contributed by atoms with van der Waals surface area (Å²) in [4.78, 5) is 36.6. The van der Waals surface area contributed by atoms with E-state index in [4.69, 9.17) is 0 Å². The number of hydrogen-bond donors (Lipinski definition) is 4. The van der Waals surface area contributed by atoms with Crippen LogP contribution < -0.4 is 21.3 Å². The summed E-state index contributed by atoms with van der Waals surface area (Å²) >= 11 is 0. The maximum Gasteiger partial charge on any atom is 0.252 e. The molecule has 2 heterocycles. The first-order chi connectivity index (χ1) is 15.5. The van der Waals surface area contributed by atoms with Gasteiger partial charge in [-0.3, -0.25) is 14.6 Å². The highest BCUT2D eigenvalue weighted by atomic mass is 16.2. The number of hydrogen-bond acceptors (Lipinski definition) is 7. The Morgan fingerprint density at radius 3 is 2.09 bits per heavy atom. The van der Waals surface area contributed by atoms with E-state index in [0.29, 0.717) is 49.2 Å². The molecule has 3 aromatic rings. The normalized spacial score (nSPS) is 10.3. The van der Waals surface area contributed by atoms with Gasteiger partial charge in [0, 0.05) is 56.6 Å². The number of carbonyl (C=O) groups excluding carboxylic acids is 2. The van der Waals surface area contributed by atoms with E-state index >= 15 is 0 Å². The molecule has 0 fully saturated rings. The van der Waals surface area contributed by atoms with Gasteiger partial charge in [0.2, 0.25) is 5.91 Å². The number of nitrogens with one attached hydrogen (secondary N) is 4. The largest absolute Gasteiger partial charge is 0.368 e. The van der Waals surface area contributed by atoms with E-state index in [0.717, 1.165) is 11.1 Å². The highest BCUT2D eigenvalue weighted by Crippen LogP contribution is 2.24. The van der Waals surface area contributed by atoms with Crippen LogP contribution in [-0.2, 0) is 4.79 Å². The Balaban J connectivity index is 1.68. The van der Waals surface area contributed by atoms with Crippen molar-refractivity contribution < 1.29 is 9.59 Å². The van der Waals surface area contributed by atoms with Crippen molar-refractivity contribution in [3.8, 4) is 11.4 Å². The fourth-order valence-corrected chi connectivity index (χ4v) is 2.95. The number of pyridine rings is 1. The van der Waals surface area contributed by atoms with Gasteiger partial charge in [0.05, 0.1) is 5.56 Å². The highest BCUT2D eigenvalue weighted by molar-refractivity contribution is 5.93. The maximum absolute atomic E-state index is 12.2. The zero-order valence-corrected chi connectivity index (χ0v) is 18.2. The number of nitrogens with zero attached hydrogens (tertiary/aromatic N) is 3. The summed E-state index contributed by atoms with van der Waals surface area (Å²) < 4.78 is 0. The van der Waals surface area contributed by atoms with Crippen molar-refractivity contribution in [2.45, 2.75) is 13.8 Å². The van der Waals surface area contributed by atoms with E-state index in [1.807, 2.05) is 37.3 Å². The lowest BCUT2D eigenvalue weighted by atomic mass is 10.2. The average Bonchev–Trinajstić information content (AvgIpc) is 2.82. The van der Waals surface area contributed by atoms with Crippen LogP contribution in [0.1, 0.15) is 22.8 Å². The Hall–Kier alpha value is -4.01. The van der Waals surface area contributed by atoms with Gasteiger partial charge in [0.15, 0.2) is 5.82 Å². The Morgan fingerprint density at radius 2 is 1.50 bits per heavy atom. The molecule has 0 unspecified atom stereocenters. The minimum Gasteiger partial charge on any atom is -0.368 e. The van der Waals surface area contributed by atoms with Crippen LogP contribution in [0, 0.1) is 6.92 Å². The van der Waals surface area contributed by atoms with E-state index in [9.17, 15) is 9.59 Å². The monoisotopic (exact) mass is 433 g/mol. The number of aromatic nitrogens is 3. The van der Waals surface area contributed by atoms with Gasteiger partial charge in [-0.2, -0.15) is 0 Å². The first-order valence-electron chi connectivity index (χ1n) is 10.4. The third kappa shape index (κ3) is 6.49. The minimum absolute atomic E-state index is 0.0770. The van der Waals surface area contributed by atoms with Crippen LogP contribution in [-0.4, -0.2) is 52.9 Å². The number of anilines is 2. The van der Waals surface area contributed by atoms with Gasteiger partial charge in [0.1, 0.15) is 11.6 Å². The van der Waals surface area contributed by atoms with Crippen LogP contribution in [0.15, 0.2) is 54.9 Å². The van der Waals surface area contributed by atoms with Gasteiger partial charge in [0.25, 0.3) is 5.91 Å². The Kier molecular flexibility index (Phi) is 8.08. The zero-order chi connectivity index (χ0) is 22.8. The summed E-state index contributed by atoms with van der Waals surface area (Å²) in [5.41, 5.74) is 2.26. The summed E-state index contributed by atoms with van der Waals surface area (Å²) in [6, 6.07) is 13.1. The molecule has 2 aromatic heterocycles. The van der Waals surface area contributed by atoms with Crippen LogP contribution in [0.25, 0.3) is 11.4 Å². The van der Waals surface area contributed by atoms with Crippen LogP contribution in [0.4, 0.5) is 11.6 Å². The van der Waals surface area contributed by atoms with Crippen LogP contribution >= 0.6 is 0 Å². The summed E-state index contributed by atoms with van der Waals surface area (Å²) in [6.45, 7) is 5.34. The molecular formula is C23H27N7O2. The summed E-state index contributed by atoms with van der Waals surface area (Å²) in [5, 5.41) is 12.2. The quantitative estimate of drug-likeness (QED) is 0.362. The van der Waals surface area contributed by atoms with Crippen LogP contribution in [0.2, 0.25) is 0 Å². The van der Waals surface area contributed by atoms with Crippen molar-refractivity contribution in [1.29, 1.82) is 0 Å². The fourth-order valence-electron chi connectivity index (χ4n) is 2.95. The number of carbonyl (C=O) groups is 2. The van der Waals surface area contributed by atoms with Crippen molar-refractivity contribution in [3.05, 3.63) is 66.0 Å². The molecule has 0 aliphatic heterocycles. The van der Waals surface area contributed by atoms with Crippen LogP contribution in [0.3, 0.4) is 0 Å². The Labute approximate surface area is 187 Å². The second-order valence-electron chi connectivity index (χ2n) is 7.07. The molecule has 1 aromatic carbocycles. The van der Waals surface area contributed by atoms with Gasteiger partial charge < -0.3 is 21.3 Å². The smallest absolute Gasteiger partial charge is 0.252 e. The van der Waals surface area contributed by atoms with E-state index in [-0.39, 0.29) is 11.8 Å². The number of amides is 2. The molecule has 2 amide bonds. The minimum atomic E-state index is -0.176. The first kappa shape index (κ1) is 22.7. The number of benzene rings is 1. The second-order valence-corrected chi connectivity index (χ2v) is 7.07. The third-order valence-electron chi connectivity index (χ3n) is 4.60. The highest BCUT2D eigenvalue weighted by Gasteiger charge is 2.12. The van der Waals surface area contributed by atoms with E-state index < -0.39 is 0 Å². The zero-order valence-electron chi connectivity index (χ0n) is 18.2. The molecule has 9 heteroatoms. The van der Waals surface area contributed by atoms with Gasteiger partial charge in [-0.05, 0) is 19.1 Å². The van der Waals surface area contributed by atoms with E-state index in [2.05, 4.69) is 36.2 Å². The van der Waals surface area contributed by atoms with Gasteiger partial charge in [-0.1, -0.05) is 30.3 Å². The predicted octanol–water partition coefficient (Wildman–Crippen LogP) is 2.24. The molecule has 0 spiro atoms. The number of rotatable bonds is 10. The van der Waals surface area contributed by atoms with Gasteiger partial charge >= 0.3 is 0 Å². The lowest BCUT2D eigenvalue weighted by Gasteiger charge is -2.16. The molecule has 0 bridgehead atoms. The van der Waals surface area contributed by atoms with E-state index in [1.165, 1.54) is 13.1 Å². The summed E-state index contributed by atoms with van der Waals surface area (Å²) in [6.07, 6.45) is 3.16. The Morgan fingerprint density at radius 1 is 0.844 bits per heavy atom. The average molecular weight is 434 g/mol. The molecule has 3 rings (SSSR count). The van der Waals surface area contributed by atoms with Gasteiger partial charge in [-0.15, -0.1) is 0 Å². The van der Waals surface area contributed by atoms with Crippen molar-refractivity contribution >= 4 is 23.5 Å². The molecule has 0 aliphatic carbocycles. The molecule has 0 saturated carbocycles. The maximum atomic E-state index is 12.2. The molecule has 0 aliphatic rings. The molecule has 0 saturated heterocycles. The summed E-state index contributed by atoms with van der Waals surface area (Å²) in [7, 11) is 0. The SMILES string of the molecule is CC(=O)NCCNc1nc(-c2ccccc2)nc(NCCNC(=O)c2cccnc2)c1C. The lowest BCUT2D eigenvalue weighted by Crippen LogP contribution is -2.29. The van der Waals surface area contributed by atoms with Crippen molar-refractivity contribution in [3.63, 3.8) is 0 Å². The lowest BCUT2D eigenvalue weighted by molar-refractivity contribution is -0.118. The Bertz CT molecular complexity index is 1040. The van der Waals surface area contributed by atoms with Crippen LogP contribution in [0.5, 0.6) is 0 Å². The third-order valence-corrected chi connectivity index (χ3v) is 4.60. The molecule has 32 heavy (non-hydrogen) atoms. The second kappa shape index (κ2) is 11.4. The molecule has 4 N–H and O–H groups in total. The molecule has 0 radical (unpaired) electrons. The summed E-state index contributed by atoms with van der Waals surface area (Å²) in [5.74, 6) is 1.69. The predicted molar refractivity (Wildman–Crippen MR) is 124 cm³/mol. The van der Waals surface area contributed by atoms with Crippen molar-refractivity contribution in [1.82, 2.24) is 25.6 Å². The topological polar surface area (TPSA) is 121 Å².